The Bertz CT molecular complexity index is 223. The molecule has 1 aliphatic heterocycles. The van der Waals surface area contributed by atoms with Crippen molar-refractivity contribution >= 4 is 5.91 Å². The highest BCUT2D eigenvalue weighted by molar-refractivity contribution is 5.77. The Morgan fingerprint density at radius 3 is 2.41 bits per heavy atom. The summed E-state index contributed by atoms with van der Waals surface area (Å²) < 4.78 is 5.28. The molecule has 0 N–H and O–H groups in total. The van der Waals surface area contributed by atoms with Crippen LogP contribution in [0.25, 0.3) is 0 Å². The predicted octanol–water partition coefficient (Wildman–Crippen LogP) is 1.21. The lowest BCUT2D eigenvalue weighted by atomic mass is 10.2. The molecule has 0 unspecified atom stereocenters. The van der Waals surface area contributed by atoms with Gasteiger partial charge >= 0.3 is 0 Å². The molecule has 0 aromatic rings. The summed E-state index contributed by atoms with van der Waals surface area (Å²) >= 11 is 0. The van der Waals surface area contributed by atoms with Gasteiger partial charge in [0.1, 0.15) is 6.61 Å². The van der Waals surface area contributed by atoms with Gasteiger partial charge in [-0.15, -0.1) is 0 Å². The monoisotopic (exact) mass is 242 g/mol. The van der Waals surface area contributed by atoms with Gasteiger partial charge in [0.2, 0.25) is 5.91 Å². The van der Waals surface area contributed by atoms with Crippen molar-refractivity contribution in [1.29, 1.82) is 0 Å². The van der Waals surface area contributed by atoms with Gasteiger partial charge in [-0.1, -0.05) is 20.8 Å². The van der Waals surface area contributed by atoms with E-state index in [1.807, 2.05) is 4.90 Å². The third kappa shape index (κ3) is 5.50. The normalized spacial score (nSPS) is 17.8. The van der Waals surface area contributed by atoms with Gasteiger partial charge in [-0.05, 0) is 12.3 Å². The molecule has 1 amide bonds. The van der Waals surface area contributed by atoms with Crippen molar-refractivity contribution in [1.82, 2.24) is 9.80 Å². The largest absolute Gasteiger partial charge is 0.372 e. The predicted molar refractivity (Wildman–Crippen MR) is 69.0 cm³/mol. The van der Waals surface area contributed by atoms with Gasteiger partial charge in [0.25, 0.3) is 0 Å². The fourth-order valence-electron chi connectivity index (χ4n) is 2.09. The molecule has 0 radical (unpaired) electrons. The summed E-state index contributed by atoms with van der Waals surface area (Å²) in [5.74, 6) is 0.841. The fourth-order valence-corrected chi connectivity index (χ4v) is 2.09. The van der Waals surface area contributed by atoms with Crippen LogP contribution in [0.2, 0.25) is 0 Å². The lowest BCUT2D eigenvalue weighted by Gasteiger charge is -2.35. The van der Waals surface area contributed by atoms with Crippen molar-refractivity contribution < 1.29 is 9.53 Å². The summed E-state index contributed by atoms with van der Waals surface area (Å²) in [6.07, 6.45) is 0.968. The maximum Gasteiger partial charge on any atom is 0.248 e. The van der Waals surface area contributed by atoms with Gasteiger partial charge in [-0.25, -0.2) is 0 Å². The zero-order valence-electron chi connectivity index (χ0n) is 11.4. The molecule has 0 bridgehead atoms. The molecular formula is C13H26N2O2. The molecule has 1 rings (SSSR count). The Morgan fingerprint density at radius 2 is 1.88 bits per heavy atom. The van der Waals surface area contributed by atoms with E-state index in [0.29, 0.717) is 12.5 Å². The lowest BCUT2D eigenvalue weighted by molar-refractivity contribution is -0.137. The minimum atomic E-state index is 0.141. The summed E-state index contributed by atoms with van der Waals surface area (Å²) in [7, 11) is 0. The van der Waals surface area contributed by atoms with Crippen LogP contribution in [0.5, 0.6) is 0 Å². The zero-order chi connectivity index (χ0) is 12.7. The van der Waals surface area contributed by atoms with Crippen molar-refractivity contribution in [3.63, 3.8) is 0 Å². The number of hydrogen-bond donors (Lipinski definition) is 0. The van der Waals surface area contributed by atoms with Crippen LogP contribution in [0.3, 0.4) is 0 Å². The molecule has 0 spiro atoms. The van der Waals surface area contributed by atoms with Crippen LogP contribution >= 0.6 is 0 Å². The molecule has 1 heterocycles. The Balaban J connectivity index is 2.19. The van der Waals surface area contributed by atoms with E-state index in [9.17, 15) is 4.79 Å². The Hall–Kier alpha value is -0.610. The van der Waals surface area contributed by atoms with Crippen molar-refractivity contribution in [2.75, 3.05) is 45.9 Å². The first kappa shape index (κ1) is 14.5. The summed E-state index contributed by atoms with van der Waals surface area (Å²) in [5, 5.41) is 0. The molecule has 1 fully saturated rings. The maximum atomic E-state index is 11.8. The van der Waals surface area contributed by atoms with Crippen LogP contribution in [0.15, 0.2) is 0 Å². The van der Waals surface area contributed by atoms with Gasteiger partial charge in [0.15, 0.2) is 0 Å². The number of carbonyl (C=O) groups is 1. The summed E-state index contributed by atoms with van der Waals surface area (Å²) in [4.78, 5) is 16.1. The highest BCUT2D eigenvalue weighted by atomic mass is 16.5. The standard InChI is InChI=1S/C13H26N2O2/c1-4-9-17-11-13(16)15-7-5-14(6-8-15)10-12(2)3/h12H,4-11H2,1-3H3. The molecule has 0 aromatic heterocycles. The molecule has 17 heavy (non-hydrogen) atoms. The van der Waals surface area contributed by atoms with Crippen LogP contribution < -0.4 is 0 Å². The van der Waals surface area contributed by atoms with Crippen LogP contribution in [-0.4, -0.2) is 61.6 Å². The Kier molecular flexibility index (Phi) is 6.52. The highest BCUT2D eigenvalue weighted by Gasteiger charge is 2.21. The van der Waals surface area contributed by atoms with Gasteiger partial charge in [-0.2, -0.15) is 0 Å². The van der Waals surface area contributed by atoms with E-state index in [4.69, 9.17) is 4.74 Å². The molecular weight excluding hydrogens is 216 g/mol. The molecule has 4 heteroatoms. The van der Waals surface area contributed by atoms with Crippen molar-refractivity contribution in [3.8, 4) is 0 Å². The second kappa shape index (κ2) is 7.67. The number of amides is 1. The third-order valence-electron chi connectivity index (χ3n) is 2.92. The van der Waals surface area contributed by atoms with E-state index in [0.717, 1.165) is 39.1 Å². The first-order valence-electron chi connectivity index (χ1n) is 6.71. The quantitative estimate of drug-likeness (QED) is 0.656. The fraction of sp³-hybridized carbons (Fsp3) is 0.923. The number of ether oxygens (including phenoxy) is 1. The van der Waals surface area contributed by atoms with Crippen LogP contribution in [-0.2, 0) is 9.53 Å². The Morgan fingerprint density at radius 1 is 1.24 bits per heavy atom. The summed E-state index contributed by atoms with van der Waals surface area (Å²) in [5.41, 5.74) is 0. The number of hydrogen-bond acceptors (Lipinski definition) is 3. The number of rotatable bonds is 6. The Labute approximate surface area is 105 Å². The van der Waals surface area contributed by atoms with Crippen LogP contribution in [0, 0.1) is 5.92 Å². The highest BCUT2D eigenvalue weighted by Crippen LogP contribution is 2.05. The lowest BCUT2D eigenvalue weighted by Crippen LogP contribution is -2.50. The van der Waals surface area contributed by atoms with E-state index in [1.54, 1.807) is 0 Å². The van der Waals surface area contributed by atoms with Gasteiger partial charge in [0, 0.05) is 39.3 Å². The van der Waals surface area contributed by atoms with Crippen molar-refractivity contribution in [2.45, 2.75) is 27.2 Å². The topological polar surface area (TPSA) is 32.8 Å². The average Bonchev–Trinajstić information content (AvgIpc) is 2.29. The first-order chi connectivity index (χ1) is 8.13. The van der Waals surface area contributed by atoms with E-state index < -0.39 is 0 Å². The summed E-state index contributed by atoms with van der Waals surface area (Å²) in [6.45, 7) is 12.3. The second-order valence-corrected chi connectivity index (χ2v) is 5.13. The molecule has 1 aliphatic rings. The third-order valence-corrected chi connectivity index (χ3v) is 2.92. The molecule has 0 atom stereocenters. The van der Waals surface area contributed by atoms with Crippen molar-refractivity contribution in [2.24, 2.45) is 5.92 Å². The molecule has 0 saturated carbocycles. The zero-order valence-corrected chi connectivity index (χ0v) is 11.4. The molecule has 0 aromatic carbocycles. The average molecular weight is 242 g/mol. The molecule has 4 nitrogen and oxygen atoms in total. The summed E-state index contributed by atoms with van der Waals surface area (Å²) in [6, 6.07) is 0. The molecule has 0 aliphatic carbocycles. The SMILES string of the molecule is CCCOCC(=O)N1CCN(CC(C)C)CC1. The van der Waals surface area contributed by atoms with E-state index in [2.05, 4.69) is 25.7 Å². The van der Waals surface area contributed by atoms with Gasteiger partial charge in [0.05, 0.1) is 0 Å². The molecule has 100 valence electrons. The van der Waals surface area contributed by atoms with Gasteiger partial charge < -0.3 is 9.64 Å². The van der Waals surface area contributed by atoms with Crippen LogP contribution in [0.1, 0.15) is 27.2 Å². The first-order valence-corrected chi connectivity index (χ1v) is 6.71. The minimum absolute atomic E-state index is 0.141. The second-order valence-electron chi connectivity index (χ2n) is 5.13. The maximum absolute atomic E-state index is 11.8. The van der Waals surface area contributed by atoms with Crippen molar-refractivity contribution in [3.05, 3.63) is 0 Å². The van der Waals surface area contributed by atoms with Gasteiger partial charge in [-0.3, -0.25) is 9.69 Å². The number of piperazine rings is 1. The number of carbonyl (C=O) groups excluding carboxylic acids is 1. The smallest absolute Gasteiger partial charge is 0.248 e. The van der Waals surface area contributed by atoms with E-state index in [-0.39, 0.29) is 12.5 Å². The van der Waals surface area contributed by atoms with E-state index in [1.165, 1.54) is 0 Å². The van der Waals surface area contributed by atoms with Crippen LogP contribution in [0.4, 0.5) is 0 Å². The van der Waals surface area contributed by atoms with E-state index >= 15 is 0 Å². The molecule has 1 saturated heterocycles. The number of nitrogens with zero attached hydrogens (tertiary/aromatic N) is 2. The minimum Gasteiger partial charge on any atom is -0.372 e.